The molecule has 2 saturated heterocycles. The van der Waals surface area contributed by atoms with Crippen LogP contribution in [0.1, 0.15) is 37.1 Å². The summed E-state index contributed by atoms with van der Waals surface area (Å²) in [5.41, 5.74) is -1.37. The number of methoxy groups -OCH3 is 2. The predicted octanol–water partition coefficient (Wildman–Crippen LogP) is 3.68. The van der Waals surface area contributed by atoms with Gasteiger partial charge in [-0.3, -0.25) is 29.8 Å². The first-order valence-corrected chi connectivity index (χ1v) is 13.9. The molecule has 0 radical (unpaired) electrons. The van der Waals surface area contributed by atoms with Gasteiger partial charge in [-0.1, -0.05) is 56.1 Å². The Hall–Kier alpha value is -2.40. The van der Waals surface area contributed by atoms with Crippen LogP contribution in [0, 0.1) is 23.7 Å². The van der Waals surface area contributed by atoms with Crippen molar-refractivity contribution in [3.05, 3.63) is 68.6 Å². The van der Waals surface area contributed by atoms with Crippen molar-refractivity contribution in [3.63, 3.8) is 0 Å². The summed E-state index contributed by atoms with van der Waals surface area (Å²) in [5.74, 6) is -5.50. The zero-order valence-corrected chi connectivity index (χ0v) is 24.5. The third-order valence-electron chi connectivity index (χ3n) is 8.54. The molecule has 0 bridgehead atoms. The maximum atomic E-state index is 14.5. The van der Waals surface area contributed by atoms with E-state index in [1.165, 1.54) is 14.2 Å². The highest BCUT2D eigenvalue weighted by Gasteiger charge is 2.72. The zero-order valence-electron chi connectivity index (χ0n) is 21.3. The summed E-state index contributed by atoms with van der Waals surface area (Å²) < 4.78 is 12.0. The summed E-state index contributed by atoms with van der Waals surface area (Å²) in [7, 11) is 2.54. The average Bonchev–Trinajstić information content (AvgIpc) is 3.41. The van der Waals surface area contributed by atoms with Gasteiger partial charge in [0.05, 0.1) is 26.1 Å². The van der Waals surface area contributed by atoms with Gasteiger partial charge in [-0.2, -0.15) is 0 Å². The van der Waals surface area contributed by atoms with Crippen LogP contribution in [0.2, 0.25) is 0 Å². The molecule has 0 amide bonds. The van der Waals surface area contributed by atoms with Crippen LogP contribution in [0.4, 0.5) is 0 Å². The maximum absolute atomic E-state index is 14.5. The number of carbonyl (C=O) groups is 4. The van der Waals surface area contributed by atoms with Crippen molar-refractivity contribution in [2.24, 2.45) is 23.7 Å². The Morgan fingerprint density at radius 3 is 1.29 bits per heavy atom. The molecular formula is C28H28Br2N2O6. The largest absolute Gasteiger partial charge is 0.468 e. The minimum absolute atomic E-state index is 0.257. The van der Waals surface area contributed by atoms with E-state index in [1.807, 2.05) is 48.5 Å². The van der Waals surface area contributed by atoms with Crippen molar-refractivity contribution in [2.75, 3.05) is 14.2 Å². The fourth-order valence-electron chi connectivity index (χ4n) is 6.82. The van der Waals surface area contributed by atoms with Crippen molar-refractivity contribution in [1.82, 2.24) is 10.6 Å². The molecule has 10 heteroatoms. The van der Waals surface area contributed by atoms with Gasteiger partial charge in [0.25, 0.3) is 0 Å². The monoisotopic (exact) mass is 646 g/mol. The number of rotatable bonds is 4. The highest BCUT2D eigenvalue weighted by atomic mass is 79.9. The fourth-order valence-corrected chi connectivity index (χ4v) is 7.35. The van der Waals surface area contributed by atoms with Gasteiger partial charge in [-0.05, 0) is 49.2 Å². The van der Waals surface area contributed by atoms with Crippen LogP contribution in [0.25, 0.3) is 0 Å². The molecular weight excluding hydrogens is 620 g/mol. The molecule has 3 fully saturated rings. The Morgan fingerprint density at radius 2 is 1.00 bits per heavy atom. The van der Waals surface area contributed by atoms with Gasteiger partial charge in [-0.15, -0.1) is 0 Å². The van der Waals surface area contributed by atoms with Gasteiger partial charge in [0.2, 0.25) is 0 Å². The Labute approximate surface area is 237 Å². The van der Waals surface area contributed by atoms with Crippen LogP contribution in [-0.2, 0) is 28.7 Å². The second kappa shape index (κ2) is 9.66. The third-order valence-corrected chi connectivity index (χ3v) is 9.60. The number of ether oxygens (including phenoxy) is 2. The van der Waals surface area contributed by atoms with E-state index >= 15 is 0 Å². The summed E-state index contributed by atoms with van der Waals surface area (Å²) in [6, 6.07) is 13.5. The molecule has 8 atom stereocenters. The minimum atomic E-state index is -1.44. The molecule has 2 aromatic rings. The van der Waals surface area contributed by atoms with Gasteiger partial charge in [0.15, 0.2) is 0 Å². The number of esters is 2. The van der Waals surface area contributed by atoms with E-state index in [1.54, 1.807) is 13.8 Å². The topological polar surface area (TPSA) is 111 Å². The van der Waals surface area contributed by atoms with Gasteiger partial charge in [-0.25, -0.2) is 0 Å². The second-order valence-corrected chi connectivity index (χ2v) is 12.4. The highest BCUT2D eigenvalue weighted by molar-refractivity contribution is 9.10. The average molecular weight is 648 g/mol. The number of carbonyl (C=O) groups excluding carboxylic acids is 4. The van der Waals surface area contributed by atoms with Crippen molar-refractivity contribution in [1.29, 1.82) is 0 Å². The molecule has 2 heterocycles. The Bertz CT molecular complexity index is 1210. The summed E-state index contributed by atoms with van der Waals surface area (Å²) in [6.07, 6.45) is 0. The molecule has 200 valence electrons. The number of fused-ring (bicyclic) bond motifs is 2. The second-order valence-electron chi connectivity index (χ2n) is 10.5. The lowest BCUT2D eigenvalue weighted by molar-refractivity contribution is -0.160. The lowest BCUT2D eigenvalue weighted by Gasteiger charge is -2.41. The molecule has 1 aliphatic carbocycles. The van der Waals surface area contributed by atoms with Crippen LogP contribution < -0.4 is 10.6 Å². The van der Waals surface area contributed by atoms with Crippen molar-refractivity contribution < 1.29 is 28.7 Å². The van der Waals surface area contributed by atoms with Crippen LogP contribution in [0.15, 0.2) is 57.5 Å². The van der Waals surface area contributed by atoms with E-state index in [2.05, 4.69) is 42.5 Å². The maximum Gasteiger partial charge on any atom is 0.326 e. The molecule has 38 heavy (non-hydrogen) atoms. The van der Waals surface area contributed by atoms with E-state index in [9.17, 15) is 19.2 Å². The van der Waals surface area contributed by atoms with Gasteiger partial charge < -0.3 is 9.47 Å². The number of ketones is 2. The summed E-state index contributed by atoms with van der Waals surface area (Å²) in [6.45, 7) is 3.24. The first-order valence-electron chi connectivity index (χ1n) is 12.3. The van der Waals surface area contributed by atoms with Gasteiger partial charge >= 0.3 is 11.9 Å². The fraction of sp³-hybridized carbons (Fsp3) is 0.429. The zero-order chi connectivity index (χ0) is 27.6. The predicted molar refractivity (Wildman–Crippen MR) is 145 cm³/mol. The summed E-state index contributed by atoms with van der Waals surface area (Å²) >= 11 is 6.86. The van der Waals surface area contributed by atoms with Crippen LogP contribution >= 0.6 is 31.9 Å². The molecule has 2 aliphatic heterocycles. The van der Waals surface area contributed by atoms with Crippen LogP contribution in [0.3, 0.4) is 0 Å². The van der Waals surface area contributed by atoms with E-state index < -0.39 is 58.8 Å². The van der Waals surface area contributed by atoms with E-state index in [-0.39, 0.29) is 11.6 Å². The van der Waals surface area contributed by atoms with E-state index in [4.69, 9.17) is 9.47 Å². The summed E-state index contributed by atoms with van der Waals surface area (Å²) in [4.78, 5) is 55.5. The molecule has 0 spiro atoms. The number of halogens is 2. The molecule has 3 aliphatic rings. The number of benzene rings is 2. The lowest BCUT2D eigenvalue weighted by atomic mass is 9.58. The lowest BCUT2D eigenvalue weighted by Crippen LogP contribution is -2.60. The Kier molecular flexibility index (Phi) is 6.91. The van der Waals surface area contributed by atoms with Gasteiger partial charge in [0.1, 0.15) is 22.6 Å². The third kappa shape index (κ3) is 3.91. The van der Waals surface area contributed by atoms with E-state index in [0.717, 1.165) is 20.1 Å². The number of hydrogen-bond donors (Lipinski definition) is 2. The molecule has 5 rings (SSSR count). The van der Waals surface area contributed by atoms with Crippen LogP contribution in [-0.4, -0.2) is 48.8 Å². The number of hydrogen-bond acceptors (Lipinski definition) is 8. The minimum Gasteiger partial charge on any atom is -0.468 e. The molecule has 2 aromatic carbocycles. The Balaban J connectivity index is 1.69. The molecule has 1 saturated carbocycles. The van der Waals surface area contributed by atoms with E-state index in [0.29, 0.717) is 0 Å². The SMILES string of the molecule is COC(=O)[C@]1(C)N[C@H](c2ccc(Br)cc2)[C@@H]2C(=O)[C@@H]3[C@H](C(=O)[C@@H]21)[C@H](c1ccc(Br)cc1)N[C@]3(C)C(=O)OC. The molecule has 0 unspecified atom stereocenters. The van der Waals surface area contributed by atoms with Crippen molar-refractivity contribution in [3.8, 4) is 0 Å². The normalized spacial score (nSPS) is 35.9. The first kappa shape index (κ1) is 27.2. The van der Waals surface area contributed by atoms with Gasteiger partial charge in [0, 0.05) is 32.9 Å². The van der Waals surface area contributed by atoms with Crippen LogP contribution in [0.5, 0.6) is 0 Å². The van der Waals surface area contributed by atoms with Crippen molar-refractivity contribution >= 4 is 55.4 Å². The highest BCUT2D eigenvalue weighted by Crippen LogP contribution is 2.57. The molecule has 2 N–H and O–H groups in total. The smallest absolute Gasteiger partial charge is 0.326 e. The Morgan fingerprint density at radius 1 is 0.684 bits per heavy atom. The summed E-state index contributed by atoms with van der Waals surface area (Å²) in [5, 5.41) is 6.61. The first-order chi connectivity index (χ1) is 18.0. The molecule has 0 aromatic heterocycles. The number of Topliss-reactive ketones (excluding diaryl/α,β-unsaturated/α-hetero) is 2. The number of nitrogens with one attached hydrogen (secondary N) is 2. The quantitative estimate of drug-likeness (QED) is 0.484. The van der Waals surface area contributed by atoms with Crippen molar-refractivity contribution in [2.45, 2.75) is 37.0 Å². The standard InChI is InChI=1S/C28H28Br2N2O6/c1-27(25(35)37-3)19-17(21(31-27)13-5-9-15(29)10-6-13)24(34)20-18(23(19)33)22(14-7-11-16(30)12-8-14)32-28(20,2)26(36)38-4/h5-12,17-22,31-32H,1-4H3/t17-,18+,19-,20+,21-,22+,27-,28+. The molecule has 8 nitrogen and oxygen atoms in total.